The molecule has 2 amide bonds. The number of piperidine rings is 2. The van der Waals surface area contributed by atoms with Gasteiger partial charge in [-0.05, 0) is 52.6 Å². The van der Waals surface area contributed by atoms with Gasteiger partial charge in [0.2, 0.25) is 10.0 Å². The van der Waals surface area contributed by atoms with Crippen LogP contribution in [0.1, 0.15) is 46.0 Å². The summed E-state index contributed by atoms with van der Waals surface area (Å²) < 4.78 is 24.5. The van der Waals surface area contributed by atoms with Crippen LogP contribution in [0.5, 0.6) is 0 Å². The average molecular weight is 361 g/mol. The van der Waals surface area contributed by atoms with Crippen LogP contribution in [-0.2, 0) is 10.0 Å². The number of rotatable bonds is 5. The maximum Gasteiger partial charge on any atom is 0.315 e. The number of urea groups is 1. The minimum atomic E-state index is -3.12. The number of hydrogen-bond donors (Lipinski definition) is 2. The largest absolute Gasteiger partial charge is 0.336 e. The van der Waals surface area contributed by atoms with Crippen LogP contribution in [0.4, 0.5) is 4.79 Å². The van der Waals surface area contributed by atoms with Crippen molar-refractivity contribution in [3.05, 3.63) is 0 Å². The van der Waals surface area contributed by atoms with Crippen LogP contribution in [0.15, 0.2) is 0 Å². The van der Waals surface area contributed by atoms with Gasteiger partial charge in [-0.25, -0.2) is 17.5 Å². The van der Waals surface area contributed by atoms with Gasteiger partial charge in [0, 0.05) is 31.2 Å². The summed E-state index contributed by atoms with van der Waals surface area (Å²) in [4.78, 5) is 14.6. The maximum absolute atomic E-state index is 12.1. The van der Waals surface area contributed by atoms with Gasteiger partial charge < -0.3 is 10.6 Å². The Bertz CT molecular complexity index is 521. The quantitative estimate of drug-likeness (QED) is 0.766. The highest BCUT2D eigenvalue weighted by molar-refractivity contribution is 7.88. The van der Waals surface area contributed by atoms with E-state index < -0.39 is 10.0 Å². The number of nitrogens with zero attached hydrogens (tertiary/aromatic N) is 2. The monoisotopic (exact) mass is 360 g/mol. The summed E-state index contributed by atoms with van der Waals surface area (Å²) in [5.74, 6) is 0. The molecule has 0 aliphatic carbocycles. The van der Waals surface area contributed by atoms with Crippen molar-refractivity contribution < 1.29 is 13.2 Å². The molecule has 140 valence electrons. The van der Waals surface area contributed by atoms with Gasteiger partial charge >= 0.3 is 6.03 Å². The number of likely N-dealkylation sites (tertiary alicyclic amines) is 1. The third kappa shape index (κ3) is 5.60. The molecule has 0 saturated carbocycles. The first-order valence-corrected chi connectivity index (χ1v) is 10.8. The zero-order valence-corrected chi connectivity index (χ0v) is 16.0. The summed E-state index contributed by atoms with van der Waals surface area (Å²) in [6.07, 6.45) is 6.32. The first kappa shape index (κ1) is 19.5. The first-order chi connectivity index (χ1) is 11.2. The van der Waals surface area contributed by atoms with Crippen LogP contribution in [0.3, 0.4) is 0 Å². The molecule has 8 heteroatoms. The number of carbonyl (C=O) groups is 1. The summed E-state index contributed by atoms with van der Waals surface area (Å²) in [7, 11) is -3.12. The minimum Gasteiger partial charge on any atom is -0.336 e. The Kier molecular flexibility index (Phi) is 6.50. The summed E-state index contributed by atoms with van der Waals surface area (Å²) >= 11 is 0. The van der Waals surface area contributed by atoms with Gasteiger partial charge in [-0.15, -0.1) is 0 Å². The standard InChI is InChI=1S/C16H32N4O3S/c1-16(2,19-9-5-4-6-10-19)13-17-15(21)18-14-7-11-20(12-8-14)24(3,22)23/h14H,4-13H2,1-3H3,(H2,17,18,21). The van der Waals surface area contributed by atoms with E-state index in [0.717, 1.165) is 13.1 Å². The number of amides is 2. The Morgan fingerprint density at radius 2 is 1.67 bits per heavy atom. The van der Waals surface area contributed by atoms with Gasteiger partial charge in [0.05, 0.1) is 6.26 Å². The van der Waals surface area contributed by atoms with Gasteiger partial charge in [-0.3, -0.25) is 4.90 Å². The molecule has 2 saturated heterocycles. The van der Waals surface area contributed by atoms with E-state index in [1.807, 2.05) is 0 Å². The molecule has 0 bridgehead atoms. The molecule has 2 fully saturated rings. The molecule has 7 nitrogen and oxygen atoms in total. The molecule has 2 aliphatic rings. The van der Waals surface area contributed by atoms with Crippen molar-refractivity contribution in [2.45, 2.75) is 57.5 Å². The molecule has 0 atom stereocenters. The Labute approximate surface area is 146 Å². The number of sulfonamides is 1. The van der Waals surface area contributed by atoms with Crippen molar-refractivity contribution in [1.82, 2.24) is 19.8 Å². The lowest BCUT2D eigenvalue weighted by Gasteiger charge is -2.41. The van der Waals surface area contributed by atoms with Crippen LogP contribution in [0.2, 0.25) is 0 Å². The van der Waals surface area contributed by atoms with Crippen LogP contribution in [0, 0.1) is 0 Å². The molecule has 0 unspecified atom stereocenters. The zero-order valence-electron chi connectivity index (χ0n) is 15.2. The topological polar surface area (TPSA) is 81.8 Å². The molecule has 24 heavy (non-hydrogen) atoms. The molecule has 0 spiro atoms. The van der Waals surface area contributed by atoms with E-state index in [0.29, 0.717) is 32.5 Å². The number of carbonyl (C=O) groups excluding carboxylic acids is 1. The zero-order chi connectivity index (χ0) is 17.8. The van der Waals surface area contributed by atoms with Crippen molar-refractivity contribution >= 4 is 16.1 Å². The molecule has 2 rings (SSSR count). The predicted octanol–water partition coefficient (Wildman–Crippen LogP) is 0.974. The van der Waals surface area contributed by atoms with E-state index >= 15 is 0 Å². The van der Waals surface area contributed by atoms with E-state index in [1.165, 1.54) is 29.8 Å². The Morgan fingerprint density at radius 3 is 2.21 bits per heavy atom. The molecule has 0 aromatic heterocycles. The number of hydrogen-bond acceptors (Lipinski definition) is 4. The van der Waals surface area contributed by atoms with Crippen molar-refractivity contribution in [1.29, 1.82) is 0 Å². The van der Waals surface area contributed by atoms with Crippen molar-refractivity contribution in [3.63, 3.8) is 0 Å². The molecule has 0 aromatic rings. The fourth-order valence-corrected chi connectivity index (χ4v) is 4.35. The summed E-state index contributed by atoms with van der Waals surface area (Å²) in [6.45, 7) is 8.10. The number of nitrogens with one attached hydrogen (secondary N) is 2. The molecule has 2 aliphatic heterocycles. The Balaban J connectivity index is 1.72. The highest BCUT2D eigenvalue weighted by Gasteiger charge is 2.29. The lowest BCUT2D eigenvalue weighted by atomic mass is 9.98. The Hall–Kier alpha value is -0.860. The maximum atomic E-state index is 12.1. The van der Waals surface area contributed by atoms with Crippen molar-refractivity contribution in [3.8, 4) is 0 Å². The fourth-order valence-electron chi connectivity index (χ4n) is 3.48. The second-order valence-corrected chi connectivity index (χ2v) is 9.61. The van der Waals surface area contributed by atoms with Crippen molar-refractivity contribution in [2.75, 3.05) is 39.0 Å². The first-order valence-electron chi connectivity index (χ1n) is 8.93. The second kappa shape index (κ2) is 8.01. The van der Waals surface area contributed by atoms with Crippen LogP contribution >= 0.6 is 0 Å². The third-order valence-electron chi connectivity index (χ3n) is 5.15. The summed E-state index contributed by atoms with van der Waals surface area (Å²) in [5.41, 5.74) is -0.0442. The highest BCUT2D eigenvalue weighted by atomic mass is 32.2. The SMILES string of the molecule is CC(C)(CNC(=O)NC1CCN(S(C)(=O)=O)CC1)N1CCCCC1. The fraction of sp³-hybridized carbons (Fsp3) is 0.938. The summed E-state index contributed by atoms with van der Waals surface area (Å²) in [5, 5.41) is 5.96. The van der Waals surface area contributed by atoms with E-state index in [4.69, 9.17) is 0 Å². The molecular formula is C16H32N4O3S. The smallest absolute Gasteiger partial charge is 0.315 e. The van der Waals surface area contributed by atoms with Crippen LogP contribution < -0.4 is 10.6 Å². The minimum absolute atomic E-state index is 0.0427. The average Bonchev–Trinajstić information content (AvgIpc) is 2.54. The summed E-state index contributed by atoms with van der Waals surface area (Å²) in [6, 6.07) is -0.112. The lowest BCUT2D eigenvalue weighted by molar-refractivity contribution is 0.0957. The second-order valence-electron chi connectivity index (χ2n) is 7.62. The van der Waals surface area contributed by atoms with Gasteiger partial charge in [-0.1, -0.05) is 6.42 Å². The van der Waals surface area contributed by atoms with E-state index in [9.17, 15) is 13.2 Å². The molecular weight excluding hydrogens is 328 g/mol. The molecule has 0 radical (unpaired) electrons. The third-order valence-corrected chi connectivity index (χ3v) is 6.46. The van der Waals surface area contributed by atoms with Gasteiger partial charge in [0.15, 0.2) is 0 Å². The van der Waals surface area contributed by atoms with Gasteiger partial charge in [0.25, 0.3) is 0 Å². The molecule has 0 aromatic carbocycles. The normalized spacial score (nSPS) is 22.3. The van der Waals surface area contributed by atoms with E-state index in [2.05, 4.69) is 29.4 Å². The lowest BCUT2D eigenvalue weighted by Crippen LogP contribution is -2.56. The van der Waals surface area contributed by atoms with E-state index in [-0.39, 0.29) is 17.6 Å². The van der Waals surface area contributed by atoms with Crippen molar-refractivity contribution in [2.24, 2.45) is 0 Å². The van der Waals surface area contributed by atoms with Crippen LogP contribution in [0.25, 0.3) is 0 Å². The Morgan fingerprint density at radius 1 is 1.08 bits per heavy atom. The van der Waals surface area contributed by atoms with Gasteiger partial charge in [0.1, 0.15) is 0 Å². The molecule has 2 N–H and O–H groups in total. The molecule has 2 heterocycles. The van der Waals surface area contributed by atoms with E-state index in [1.54, 1.807) is 0 Å². The predicted molar refractivity (Wildman–Crippen MR) is 95.5 cm³/mol. The van der Waals surface area contributed by atoms with Gasteiger partial charge in [-0.2, -0.15) is 0 Å². The van der Waals surface area contributed by atoms with Crippen LogP contribution in [-0.4, -0.2) is 74.2 Å². The highest BCUT2D eigenvalue weighted by Crippen LogP contribution is 2.20.